The van der Waals surface area contributed by atoms with Crippen molar-refractivity contribution in [1.82, 2.24) is 10.2 Å². The van der Waals surface area contributed by atoms with Crippen LogP contribution in [0.25, 0.3) is 0 Å². The molecule has 0 saturated carbocycles. The molecule has 0 unspecified atom stereocenters. The Labute approximate surface area is 120 Å². The summed E-state index contributed by atoms with van der Waals surface area (Å²) >= 11 is 1.91. The molecule has 1 amide bonds. The molecule has 1 aromatic heterocycles. The smallest absolute Gasteiger partial charge is 0.322 e. The third-order valence-electron chi connectivity index (χ3n) is 2.15. The van der Waals surface area contributed by atoms with Crippen LogP contribution in [0.2, 0.25) is 0 Å². The Kier molecular flexibility index (Phi) is 3.74. The van der Waals surface area contributed by atoms with Gasteiger partial charge in [0, 0.05) is 22.6 Å². The molecule has 0 aliphatic rings. The van der Waals surface area contributed by atoms with E-state index in [0.29, 0.717) is 9.46 Å². The highest BCUT2D eigenvalue weighted by atomic mass is 127. The lowest BCUT2D eigenvalue weighted by atomic mass is 10.2. The molecule has 0 atom stereocenters. The van der Waals surface area contributed by atoms with Gasteiger partial charge < -0.3 is 4.42 Å². The van der Waals surface area contributed by atoms with Crippen molar-refractivity contribution in [1.29, 1.82) is 0 Å². The van der Waals surface area contributed by atoms with Gasteiger partial charge in [0.05, 0.1) is 10.5 Å². The Morgan fingerprint density at radius 3 is 2.79 bits per heavy atom. The Hall–Kier alpha value is -2.04. The zero-order chi connectivity index (χ0) is 14.0. The summed E-state index contributed by atoms with van der Waals surface area (Å²) in [4.78, 5) is 22.1. The van der Waals surface area contributed by atoms with Crippen LogP contribution in [0.4, 0.5) is 11.7 Å². The summed E-state index contributed by atoms with van der Waals surface area (Å²) in [6.45, 7) is 1.58. The SMILES string of the molecule is Cc1nnc(NC(=O)c2cc([N+](=O)[O-])ccc2I)o1. The van der Waals surface area contributed by atoms with Crippen LogP contribution in [0, 0.1) is 20.6 Å². The summed E-state index contributed by atoms with van der Waals surface area (Å²) in [6.07, 6.45) is 0. The molecular formula is C10H7IN4O4. The van der Waals surface area contributed by atoms with Gasteiger partial charge in [-0.25, -0.2) is 0 Å². The Morgan fingerprint density at radius 2 is 2.21 bits per heavy atom. The molecule has 0 bridgehead atoms. The van der Waals surface area contributed by atoms with E-state index in [9.17, 15) is 14.9 Å². The normalized spacial score (nSPS) is 10.2. The predicted molar refractivity (Wildman–Crippen MR) is 72.8 cm³/mol. The molecule has 0 radical (unpaired) electrons. The summed E-state index contributed by atoms with van der Waals surface area (Å²) in [7, 11) is 0. The van der Waals surface area contributed by atoms with E-state index in [-0.39, 0.29) is 17.3 Å². The Bertz CT molecular complexity index is 655. The number of nitro benzene ring substituents is 1. The van der Waals surface area contributed by atoms with Gasteiger partial charge in [-0.1, -0.05) is 5.10 Å². The molecule has 2 aromatic rings. The van der Waals surface area contributed by atoms with Crippen molar-refractivity contribution in [2.45, 2.75) is 6.92 Å². The second kappa shape index (κ2) is 5.30. The van der Waals surface area contributed by atoms with Crippen molar-refractivity contribution in [3.63, 3.8) is 0 Å². The van der Waals surface area contributed by atoms with Gasteiger partial charge in [-0.2, -0.15) is 0 Å². The maximum atomic E-state index is 12.0. The monoisotopic (exact) mass is 374 g/mol. The van der Waals surface area contributed by atoms with Crippen molar-refractivity contribution in [2.24, 2.45) is 0 Å². The molecule has 1 aromatic carbocycles. The molecule has 1 heterocycles. The van der Waals surface area contributed by atoms with E-state index in [4.69, 9.17) is 4.42 Å². The molecule has 8 nitrogen and oxygen atoms in total. The molecular weight excluding hydrogens is 367 g/mol. The molecule has 0 saturated heterocycles. The number of amides is 1. The van der Waals surface area contributed by atoms with E-state index in [1.165, 1.54) is 18.2 Å². The molecule has 0 aliphatic heterocycles. The fourth-order valence-corrected chi connectivity index (χ4v) is 1.89. The largest absolute Gasteiger partial charge is 0.408 e. The zero-order valence-corrected chi connectivity index (χ0v) is 11.7. The van der Waals surface area contributed by atoms with Gasteiger partial charge in [0.1, 0.15) is 0 Å². The van der Waals surface area contributed by atoms with Gasteiger partial charge in [-0.15, -0.1) is 5.10 Å². The molecule has 0 spiro atoms. The Balaban J connectivity index is 2.27. The van der Waals surface area contributed by atoms with E-state index < -0.39 is 10.8 Å². The number of non-ortho nitro benzene ring substituents is 1. The number of hydrogen-bond acceptors (Lipinski definition) is 6. The average Bonchev–Trinajstić information content (AvgIpc) is 2.74. The standard InChI is InChI=1S/C10H7IN4O4/c1-5-13-14-10(19-5)12-9(16)7-4-6(15(17)18)2-3-8(7)11/h2-4H,1H3,(H,12,14,16). The third kappa shape index (κ3) is 3.05. The summed E-state index contributed by atoms with van der Waals surface area (Å²) in [5.41, 5.74) is 0.0120. The lowest BCUT2D eigenvalue weighted by Crippen LogP contribution is -2.14. The van der Waals surface area contributed by atoms with Crippen LogP contribution in [0.1, 0.15) is 16.2 Å². The molecule has 19 heavy (non-hydrogen) atoms. The molecule has 0 aliphatic carbocycles. The van der Waals surface area contributed by atoms with Crippen LogP contribution in [-0.2, 0) is 0 Å². The number of aromatic nitrogens is 2. The minimum absolute atomic E-state index is 0.0511. The van der Waals surface area contributed by atoms with E-state index in [0.717, 1.165) is 0 Å². The lowest BCUT2D eigenvalue weighted by molar-refractivity contribution is -0.384. The minimum Gasteiger partial charge on any atom is -0.408 e. The average molecular weight is 374 g/mol. The quantitative estimate of drug-likeness (QED) is 0.501. The lowest BCUT2D eigenvalue weighted by Gasteiger charge is -2.03. The fraction of sp³-hybridized carbons (Fsp3) is 0.100. The van der Waals surface area contributed by atoms with Gasteiger partial charge in [-0.05, 0) is 28.7 Å². The van der Waals surface area contributed by atoms with Gasteiger partial charge in [0.2, 0.25) is 5.89 Å². The van der Waals surface area contributed by atoms with Crippen LogP contribution in [0.15, 0.2) is 22.6 Å². The number of nitrogens with one attached hydrogen (secondary N) is 1. The second-order valence-corrected chi connectivity index (χ2v) is 4.66. The first-order valence-corrected chi connectivity index (χ1v) is 6.10. The number of halogens is 1. The second-order valence-electron chi connectivity index (χ2n) is 3.50. The van der Waals surface area contributed by atoms with Crippen molar-refractivity contribution in [3.05, 3.63) is 43.3 Å². The number of carbonyl (C=O) groups excluding carboxylic acids is 1. The van der Waals surface area contributed by atoms with Crippen molar-refractivity contribution in [3.8, 4) is 0 Å². The molecule has 98 valence electrons. The molecule has 0 fully saturated rings. The van der Waals surface area contributed by atoms with E-state index in [2.05, 4.69) is 15.5 Å². The number of anilines is 1. The highest BCUT2D eigenvalue weighted by Gasteiger charge is 2.17. The van der Waals surface area contributed by atoms with Crippen molar-refractivity contribution in [2.75, 3.05) is 5.32 Å². The number of aryl methyl sites for hydroxylation is 1. The van der Waals surface area contributed by atoms with E-state index in [1.807, 2.05) is 22.6 Å². The number of nitro groups is 1. The third-order valence-corrected chi connectivity index (χ3v) is 3.09. The van der Waals surface area contributed by atoms with Gasteiger partial charge >= 0.3 is 6.01 Å². The minimum atomic E-state index is -0.566. The summed E-state index contributed by atoms with van der Waals surface area (Å²) in [6, 6.07) is 3.97. The highest BCUT2D eigenvalue weighted by Crippen LogP contribution is 2.20. The molecule has 9 heteroatoms. The van der Waals surface area contributed by atoms with Crippen LogP contribution < -0.4 is 5.32 Å². The Morgan fingerprint density at radius 1 is 1.47 bits per heavy atom. The van der Waals surface area contributed by atoms with Gasteiger partial charge in [-0.3, -0.25) is 20.2 Å². The topological polar surface area (TPSA) is 111 Å². The van der Waals surface area contributed by atoms with Crippen LogP contribution >= 0.6 is 22.6 Å². The number of carbonyl (C=O) groups is 1. The first kappa shape index (κ1) is 13.4. The summed E-state index contributed by atoms with van der Waals surface area (Å²) < 4.78 is 5.58. The highest BCUT2D eigenvalue weighted by molar-refractivity contribution is 14.1. The number of rotatable bonds is 3. The molecule has 2 rings (SSSR count). The van der Waals surface area contributed by atoms with Crippen molar-refractivity contribution < 1.29 is 14.1 Å². The van der Waals surface area contributed by atoms with Gasteiger partial charge in [0.15, 0.2) is 0 Å². The molecule has 1 N–H and O–H groups in total. The summed E-state index contributed by atoms with van der Waals surface area (Å²) in [5, 5.41) is 20.2. The summed E-state index contributed by atoms with van der Waals surface area (Å²) in [5.74, 6) is -0.235. The number of hydrogen-bond donors (Lipinski definition) is 1. The van der Waals surface area contributed by atoms with Crippen molar-refractivity contribution >= 4 is 40.2 Å². The first-order chi connectivity index (χ1) is 8.97. The number of nitrogens with zero attached hydrogens (tertiary/aromatic N) is 3. The van der Waals surface area contributed by atoms with Crippen LogP contribution in [0.5, 0.6) is 0 Å². The van der Waals surface area contributed by atoms with Gasteiger partial charge in [0.25, 0.3) is 11.6 Å². The van der Waals surface area contributed by atoms with Crippen LogP contribution in [-0.4, -0.2) is 21.0 Å². The number of benzene rings is 1. The van der Waals surface area contributed by atoms with E-state index >= 15 is 0 Å². The fourth-order valence-electron chi connectivity index (χ4n) is 1.31. The van der Waals surface area contributed by atoms with Crippen LogP contribution in [0.3, 0.4) is 0 Å². The van der Waals surface area contributed by atoms with E-state index in [1.54, 1.807) is 6.92 Å². The predicted octanol–water partition coefficient (Wildman–Crippen LogP) is 2.14. The maximum Gasteiger partial charge on any atom is 0.322 e. The first-order valence-electron chi connectivity index (χ1n) is 5.03. The zero-order valence-electron chi connectivity index (χ0n) is 9.58. The maximum absolute atomic E-state index is 12.0.